The van der Waals surface area contributed by atoms with Gasteiger partial charge in [0.1, 0.15) is 0 Å². The highest BCUT2D eigenvalue weighted by Gasteiger charge is 2.73. The Morgan fingerprint density at radius 3 is 2.59 bits per heavy atom. The van der Waals surface area contributed by atoms with E-state index in [1.54, 1.807) is 0 Å². The number of hydrogen-bond donors (Lipinski definition) is 2. The zero-order chi connectivity index (χ0) is 19.8. The molecule has 0 aromatic carbocycles. The molecule has 0 amide bonds. The van der Waals surface area contributed by atoms with Crippen LogP contribution in [0.3, 0.4) is 0 Å². The average Bonchev–Trinajstić information content (AvgIpc) is 2.71. The average molecular weight is 376 g/mol. The number of fused-ring (bicyclic) bond motifs is 3. The van der Waals surface area contributed by atoms with Crippen molar-refractivity contribution in [3.05, 3.63) is 12.2 Å². The fraction of sp³-hybridized carbons (Fsp3) is 0.818. The minimum absolute atomic E-state index is 0.0614. The van der Waals surface area contributed by atoms with Crippen molar-refractivity contribution in [3.8, 4) is 0 Å². The van der Waals surface area contributed by atoms with Gasteiger partial charge >= 0.3 is 5.97 Å². The van der Waals surface area contributed by atoms with Crippen molar-refractivity contribution < 1.29 is 24.5 Å². The number of rotatable bonds is 2. The highest BCUT2D eigenvalue weighted by Crippen LogP contribution is 2.71. The zero-order valence-corrected chi connectivity index (χ0v) is 16.7. The predicted molar refractivity (Wildman–Crippen MR) is 99.6 cm³/mol. The lowest BCUT2D eigenvalue weighted by Gasteiger charge is -2.65. The fourth-order valence-electron chi connectivity index (χ4n) is 7.69. The Morgan fingerprint density at radius 2 is 1.93 bits per heavy atom. The highest BCUT2D eigenvalue weighted by molar-refractivity contribution is 6.04. The molecule has 8 atom stereocenters. The molecule has 5 heteroatoms. The number of ether oxygens (including phenoxy) is 1. The summed E-state index contributed by atoms with van der Waals surface area (Å²) in [5, 5.41) is 22.4. The molecule has 4 aliphatic carbocycles. The van der Waals surface area contributed by atoms with Crippen LogP contribution in [0, 0.1) is 34.0 Å². The highest BCUT2D eigenvalue weighted by atomic mass is 16.5. The summed E-state index contributed by atoms with van der Waals surface area (Å²) in [6.45, 7) is 10.1. The number of hydrogen-bond acceptors (Lipinski definition) is 5. The topological polar surface area (TPSA) is 83.8 Å². The van der Waals surface area contributed by atoms with E-state index in [0.29, 0.717) is 18.6 Å². The molecule has 1 spiro atoms. The van der Waals surface area contributed by atoms with Crippen LogP contribution in [-0.4, -0.2) is 40.8 Å². The number of ketones is 1. The van der Waals surface area contributed by atoms with E-state index < -0.39 is 17.6 Å². The van der Waals surface area contributed by atoms with E-state index in [1.807, 2.05) is 0 Å². The summed E-state index contributed by atoms with van der Waals surface area (Å²) >= 11 is 0. The summed E-state index contributed by atoms with van der Waals surface area (Å²) in [5.74, 6) is -0.515. The largest absolute Gasteiger partial charge is 0.465 e. The summed E-state index contributed by atoms with van der Waals surface area (Å²) in [7, 11) is 0. The molecule has 5 nitrogen and oxygen atoms in total. The van der Waals surface area contributed by atoms with Gasteiger partial charge < -0.3 is 14.9 Å². The van der Waals surface area contributed by atoms with Gasteiger partial charge in [0.2, 0.25) is 0 Å². The lowest BCUT2D eigenvalue weighted by Crippen LogP contribution is -2.67. The summed E-state index contributed by atoms with van der Waals surface area (Å²) in [6, 6.07) is 0. The number of Topliss-reactive ketones (excluding diaryl/α,β-unsaturated/α-hetero) is 1. The number of esters is 1. The second kappa shape index (κ2) is 5.90. The van der Waals surface area contributed by atoms with E-state index in [9.17, 15) is 19.8 Å². The van der Waals surface area contributed by atoms with Gasteiger partial charge in [-0.15, -0.1) is 0 Å². The van der Waals surface area contributed by atoms with E-state index in [1.165, 1.54) is 6.92 Å². The zero-order valence-electron chi connectivity index (χ0n) is 16.7. The molecule has 0 aromatic heterocycles. The number of aliphatic hydroxyl groups excluding tert-OH is 2. The van der Waals surface area contributed by atoms with E-state index >= 15 is 0 Å². The van der Waals surface area contributed by atoms with E-state index in [2.05, 4.69) is 20.4 Å². The maximum atomic E-state index is 13.3. The Morgan fingerprint density at radius 1 is 1.22 bits per heavy atom. The quantitative estimate of drug-likeness (QED) is 0.572. The standard InChI is InChI=1S/C22H32O5/c1-12-14-6-7-15-21(4)9-5-8-20(3,11-27-13(2)23)16(21)10-17(24)22(15,18(12)25)19(14)26/h14-17,19,24,26H,1,5-11H2,2-4H3/t14-,15-,16+,17+,19?,20+,21-,22-/m0/s1. The third-order valence-corrected chi connectivity index (χ3v) is 8.86. The molecule has 4 saturated carbocycles. The van der Waals surface area contributed by atoms with Crippen molar-refractivity contribution >= 4 is 11.8 Å². The number of aliphatic hydroxyl groups is 2. The molecule has 4 rings (SSSR count). The van der Waals surface area contributed by atoms with Gasteiger partial charge in [-0.25, -0.2) is 0 Å². The number of carbonyl (C=O) groups excluding carboxylic acids is 2. The Hall–Kier alpha value is -1.20. The van der Waals surface area contributed by atoms with Gasteiger partial charge in [0.05, 0.1) is 24.2 Å². The minimum Gasteiger partial charge on any atom is -0.465 e. The summed E-state index contributed by atoms with van der Waals surface area (Å²) < 4.78 is 5.42. The third kappa shape index (κ3) is 2.24. The third-order valence-electron chi connectivity index (χ3n) is 8.86. The summed E-state index contributed by atoms with van der Waals surface area (Å²) in [4.78, 5) is 24.7. The van der Waals surface area contributed by atoms with Gasteiger partial charge in [0, 0.05) is 18.3 Å². The van der Waals surface area contributed by atoms with Crippen LogP contribution in [0.25, 0.3) is 0 Å². The first-order valence-corrected chi connectivity index (χ1v) is 10.3. The van der Waals surface area contributed by atoms with Crippen LogP contribution >= 0.6 is 0 Å². The molecule has 4 fully saturated rings. The van der Waals surface area contributed by atoms with Crippen LogP contribution in [0.15, 0.2) is 12.2 Å². The second-order valence-electron chi connectivity index (χ2n) is 10.1. The van der Waals surface area contributed by atoms with Gasteiger partial charge in [-0.05, 0) is 54.9 Å². The van der Waals surface area contributed by atoms with Crippen LogP contribution in [0.2, 0.25) is 0 Å². The molecule has 1 unspecified atom stereocenters. The molecule has 0 aromatic rings. The van der Waals surface area contributed by atoms with Gasteiger partial charge in [-0.3, -0.25) is 9.59 Å². The molecule has 4 aliphatic rings. The van der Waals surface area contributed by atoms with Gasteiger partial charge in [0.15, 0.2) is 5.78 Å². The van der Waals surface area contributed by atoms with Crippen LogP contribution in [0.5, 0.6) is 0 Å². The molecule has 2 N–H and O–H groups in total. The fourth-order valence-corrected chi connectivity index (χ4v) is 7.69. The van der Waals surface area contributed by atoms with Crippen LogP contribution in [0.1, 0.15) is 59.3 Å². The van der Waals surface area contributed by atoms with Crippen molar-refractivity contribution in [2.24, 2.45) is 34.0 Å². The molecule has 0 radical (unpaired) electrons. The maximum Gasteiger partial charge on any atom is 0.302 e. The van der Waals surface area contributed by atoms with E-state index in [-0.39, 0.29) is 40.3 Å². The predicted octanol–water partition coefficient (Wildman–Crippen LogP) is 2.64. The van der Waals surface area contributed by atoms with Crippen LogP contribution in [0.4, 0.5) is 0 Å². The molecule has 150 valence electrons. The molecule has 27 heavy (non-hydrogen) atoms. The SMILES string of the molecule is C=C1C(=O)[C@]23C(O)[C@H]1CC[C@H]2[C@]1(C)CCC[C@](C)(COC(C)=O)[C@H]1C[C@H]3O. The minimum atomic E-state index is -1.09. The van der Waals surface area contributed by atoms with Gasteiger partial charge in [-0.1, -0.05) is 26.8 Å². The Bertz CT molecular complexity index is 701. The van der Waals surface area contributed by atoms with E-state index in [0.717, 1.165) is 32.1 Å². The molecular weight excluding hydrogens is 344 g/mol. The first-order chi connectivity index (χ1) is 12.6. The van der Waals surface area contributed by atoms with Crippen molar-refractivity contribution in [2.75, 3.05) is 6.61 Å². The van der Waals surface area contributed by atoms with E-state index in [4.69, 9.17) is 4.74 Å². The molecule has 0 heterocycles. The monoisotopic (exact) mass is 376 g/mol. The Balaban J connectivity index is 1.77. The van der Waals surface area contributed by atoms with Crippen molar-refractivity contribution in [3.63, 3.8) is 0 Å². The Labute approximate surface area is 161 Å². The van der Waals surface area contributed by atoms with Crippen molar-refractivity contribution in [1.82, 2.24) is 0 Å². The normalized spacial score (nSPS) is 51.5. The molecular formula is C22H32O5. The van der Waals surface area contributed by atoms with Crippen molar-refractivity contribution in [1.29, 1.82) is 0 Å². The number of carbonyl (C=O) groups is 2. The first-order valence-electron chi connectivity index (χ1n) is 10.3. The Kier molecular flexibility index (Phi) is 4.18. The van der Waals surface area contributed by atoms with Crippen LogP contribution < -0.4 is 0 Å². The molecule has 0 aliphatic heterocycles. The maximum absolute atomic E-state index is 13.3. The van der Waals surface area contributed by atoms with Gasteiger partial charge in [0.25, 0.3) is 0 Å². The smallest absolute Gasteiger partial charge is 0.302 e. The summed E-state index contributed by atoms with van der Waals surface area (Å²) in [6.07, 6.45) is 3.28. The molecule has 0 saturated heterocycles. The molecule has 2 bridgehead atoms. The first kappa shape index (κ1) is 19.1. The second-order valence-corrected chi connectivity index (χ2v) is 10.1. The lowest BCUT2D eigenvalue weighted by molar-refractivity contribution is -0.231. The van der Waals surface area contributed by atoms with Gasteiger partial charge in [-0.2, -0.15) is 0 Å². The van der Waals surface area contributed by atoms with Crippen LogP contribution in [-0.2, 0) is 14.3 Å². The summed E-state index contributed by atoms with van der Waals surface area (Å²) in [5.41, 5.74) is -0.977. The lowest BCUT2D eigenvalue weighted by atomic mass is 9.39. The van der Waals surface area contributed by atoms with Crippen molar-refractivity contribution in [2.45, 2.75) is 71.5 Å².